The summed E-state index contributed by atoms with van der Waals surface area (Å²) in [5, 5.41) is 17.0. The second-order valence-corrected chi connectivity index (χ2v) is 8.65. The molecule has 142 valence electrons. The Kier molecular flexibility index (Phi) is 5.59. The first kappa shape index (κ1) is 18.5. The number of aromatic nitrogens is 2. The van der Waals surface area contributed by atoms with Gasteiger partial charge in [-0.25, -0.2) is 0 Å². The minimum absolute atomic E-state index is 0.0679. The number of rotatable bonds is 7. The van der Waals surface area contributed by atoms with Crippen molar-refractivity contribution < 1.29 is 9.21 Å². The van der Waals surface area contributed by atoms with Gasteiger partial charge in [-0.3, -0.25) is 4.79 Å². The lowest BCUT2D eigenvalue weighted by Crippen LogP contribution is -2.22. The van der Waals surface area contributed by atoms with E-state index in [0.717, 1.165) is 26.6 Å². The van der Waals surface area contributed by atoms with Gasteiger partial charge in [-0.05, 0) is 30.5 Å². The average molecular weight is 411 g/mol. The number of nitrogens with one attached hydrogen (secondary N) is 2. The van der Waals surface area contributed by atoms with Gasteiger partial charge in [0.2, 0.25) is 11.0 Å². The van der Waals surface area contributed by atoms with Gasteiger partial charge in [-0.1, -0.05) is 59.5 Å². The van der Waals surface area contributed by atoms with Crippen molar-refractivity contribution >= 4 is 50.6 Å². The zero-order valence-electron chi connectivity index (χ0n) is 15.1. The Balaban J connectivity index is 1.36. The van der Waals surface area contributed by atoms with Crippen LogP contribution < -0.4 is 10.6 Å². The van der Waals surface area contributed by atoms with Crippen molar-refractivity contribution in [3.63, 3.8) is 0 Å². The van der Waals surface area contributed by atoms with Crippen molar-refractivity contribution in [2.75, 3.05) is 10.6 Å². The van der Waals surface area contributed by atoms with Crippen molar-refractivity contribution in [3.8, 4) is 0 Å². The molecule has 0 spiro atoms. The van der Waals surface area contributed by atoms with Gasteiger partial charge in [-0.15, -0.1) is 10.2 Å². The molecule has 0 aliphatic rings. The van der Waals surface area contributed by atoms with Crippen LogP contribution in [-0.4, -0.2) is 21.4 Å². The molecule has 0 aliphatic heterocycles. The highest BCUT2D eigenvalue weighted by Crippen LogP contribution is 2.30. The third-order valence-electron chi connectivity index (χ3n) is 4.09. The van der Waals surface area contributed by atoms with E-state index in [0.29, 0.717) is 11.7 Å². The number of thioether (sulfide) groups is 1. The van der Waals surface area contributed by atoms with E-state index < -0.39 is 0 Å². The van der Waals surface area contributed by atoms with Gasteiger partial charge in [0.25, 0.3) is 0 Å². The molecule has 28 heavy (non-hydrogen) atoms. The van der Waals surface area contributed by atoms with Crippen LogP contribution in [-0.2, 0) is 11.3 Å². The molecule has 0 saturated carbocycles. The summed E-state index contributed by atoms with van der Waals surface area (Å²) in [6.45, 7) is 2.41. The molecule has 4 rings (SSSR count). The second kappa shape index (κ2) is 8.45. The number of fused-ring (bicyclic) bond motifs is 1. The van der Waals surface area contributed by atoms with Crippen LogP contribution in [0.2, 0.25) is 0 Å². The van der Waals surface area contributed by atoms with Crippen molar-refractivity contribution in [3.05, 3.63) is 66.6 Å². The zero-order valence-corrected chi connectivity index (χ0v) is 16.7. The van der Waals surface area contributed by atoms with E-state index in [1.165, 1.54) is 23.1 Å². The smallest absolute Gasteiger partial charge is 0.237 e. The lowest BCUT2D eigenvalue weighted by atomic mass is 10.1. The van der Waals surface area contributed by atoms with E-state index in [1.54, 1.807) is 6.26 Å². The highest BCUT2D eigenvalue weighted by atomic mass is 32.2. The van der Waals surface area contributed by atoms with E-state index in [2.05, 4.69) is 20.8 Å². The Morgan fingerprint density at radius 2 is 2.00 bits per heavy atom. The topological polar surface area (TPSA) is 80.1 Å². The first-order valence-corrected chi connectivity index (χ1v) is 10.4. The lowest BCUT2D eigenvalue weighted by Gasteiger charge is -2.12. The van der Waals surface area contributed by atoms with Crippen LogP contribution in [0.3, 0.4) is 0 Å². The molecular weight excluding hydrogens is 392 g/mol. The summed E-state index contributed by atoms with van der Waals surface area (Å²) in [5.41, 5.74) is 0.814. The van der Waals surface area contributed by atoms with Crippen molar-refractivity contribution in [2.45, 2.75) is 23.1 Å². The molecule has 1 unspecified atom stereocenters. The molecule has 0 aliphatic carbocycles. The van der Waals surface area contributed by atoms with E-state index in [4.69, 9.17) is 4.42 Å². The molecule has 2 heterocycles. The number of anilines is 2. The molecule has 2 aromatic heterocycles. The van der Waals surface area contributed by atoms with Gasteiger partial charge in [0, 0.05) is 11.1 Å². The summed E-state index contributed by atoms with van der Waals surface area (Å²) >= 11 is 2.81. The number of carbonyl (C=O) groups is 1. The maximum atomic E-state index is 12.6. The van der Waals surface area contributed by atoms with Crippen LogP contribution in [0.15, 0.2) is 69.6 Å². The standard InChI is InChI=1S/C20H18N4O2S2/c1-13(18(25)22-17-10-4-7-14-6-2-3-9-16(14)17)27-20-24-23-19(28-20)21-12-15-8-5-11-26-15/h2-11,13H,12H2,1H3,(H,21,23)(H,22,25). The maximum Gasteiger partial charge on any atom is 0.237 e. The number of carbonyl (C=O) groups excluding carboxylic acids is 1. The molecule has 1 atom stereocenters. The number of amides is 1. The molecule has 0 bridgehead atoms. The first-order chi connectivity index (χ1) is 13.7. The van der Waals surface area contributed by atoms with E-state index >= 15 is 0 Å². The molecule has 0 saturated heterocycles. The summed E-state index contributed by atoms with van der Waals surface area (Å²) in [4.78, 5) is 12.6. The summed E-state index contributed by atoms with van der Waals surface area (Å²) in [5.74, 6) is 0.758. The highest BCUT2D eigenvalue weighted by molar-refractivity contribution is 8.02. The van der Waals surface area contributed by atoms with Crippen molar-refractivity contribution in [1.29, 1.82) is 0 Å². The first-order valence-electron chi connectivity index (χ1n) is 8.74. The molecule has 1 amide bonds. The third-order valence-corrected chi connectivity index (χ3v) is 6.16. The largest absolute Gasteiger partial charge is 0.467 e. The Labute approximate surface area is 170 Å². The van der Waals surface area contributed by atoms with Crippen LogP contribution in [0.4, 0.5) is 10.8 Å². The van der Waals surface area contributed by atoms with Crippen molar-refractivity contribution in [2.24, 2.45) is 0 Å². The second-order valence-electron chi connectivity index (χ2n) is 6.08. The SMILES string of the molecule is CC(Sc1nnc(NCc2ccco2)s1)C(=O)Nc1cccc2ccccc12. The maximum absolute atomic E-state index is 12.6. The number of hydrogen-bond acceptors (Lipinski definition) is 7. The van der Waals surface area contributed by atoms with Crippen LogP contribution in [0.1, 0.15) is 12.7 Å². The van der Waals surface area contributed by atoms with Gasteiger partial charge in [0.05, 0.1) is 18.1 Å². The Morgan fingerprint density at radius 3 is 2.86 bits per heavy atom. The predicted octanol–water partition coefficient (Wildman–Crippen LogP) is 5.02. The van der Waals surface area contributed by atoms with E-state index in [9.17, 15) is 4.79 Å². The van der Waals surface area contributed by atoms with E-state index in [-0.39, 0.29) is 11.2 Å². The fourth-order valence-electron chi connectivity index (χ4n) is 2.68. The molecule has 4 aromatic rings. The van der Waals surface area contributed by atoms with Crippen LogP contribution in [0.5, 0.6) is 0 Å². The third kappa shape index (κ3) is 4.35. The highest BCUT2D eigenvalue weighted by Gasteiger charge is 2.18. The number of nitrogens with zero attached hydrogens (tertiary/aromatic N) is 2. The molecule has 8 heteroatoms. The van der Waals surface area contributed by atoms with Gasteiger partial charge >= 0.3 is 0 Å². The number of hydrogen-bond donors (Lipinski definition) is 2. The summed E-state index contributed by atoms with van der Waals surface area (Å²) in [6, 6.07) is 17.6. The van der Waals surface area contributed by atoms with Crippen LogP contribution in [0, 0.1) is 0 Å². The zero-order chi connectivity index (χ0) is 19.3. The molecular formula is C20H18N4O2S2. The quantitative estimate of drug-likeness (QED) is 0.417. The molecule has 0 radical (unpaired) electrons. The van der Waals surface area contributed by atoms with Crippen LogP contribution in [0.25, 0.3) is 10.8 Å². The predicted molar refractivity (Wildman–Crippen MR) is 114 cm³/mol. The molecule has 0 fully saturated rings. The monoisotopic (exact) mass is 410 g/mol. The minimum atomic E-state index is -0.301. The summed E-state index contributed by atoms with van der Waals surface area (Å²) < 4.78 is 6.02. The number of furan rings is 1. The summed E-state index contributed by atoms with van der Waals surface area (Å²) in [6.07, 6.45) is 1.63. The fraction of sp³-hybridized carbons (Fsp3) is 0.150. The molecule has 2 aromatic carbocycles. The van der Waals surface area contributed by atoms with Gasteiger partial charge < -0.3 is 15.1 Å². The van der Waals surface area contributed by atoms with Gasteiger partial charge in [0.15, 0.2) is 4.34 Å². The van der Waals surface area contributed by atoms with Gasteiger partial charge in [0.1, 0.15) is 5.76 Å². The number of benzene rings is 2. The Hall–Kier alpha value is -2.84. The Morgan fingerprint density at radius 1 is 1.14 bits per heavy atom. The normalized spacial score (nSPS) is 12.0. The summed E-state index contributed by atoms with van der Waals surface area (Å²) in [7, 11) is 0. The van der Waals surface area contributed by atoms with Gasteiger partial charge in [-0.2, -0.15) is 0 Å². The minimum Gasteiger partial charge on any atom is -0.467 e. The Bertz CT molecular complexity index is 1070. The molecule has 6 nitrogen and oxygen atoms in total. The van der Waals surface area contributed by atoms with Crippen molar-refractivity contribution in [1.82, 2.24) is 10.2 Å². The average Bonchev–Trinajstić information content (AvgIpc) is 3.38. The van der Waals surface area contributed by atoms with E-state index in [1.807, 2.05) is 61.5 Å². The lowest BCUT2D eigenvalue weighted by molar-refractivity contribution is -0.115. The fourth-order valence-corrected chi connectivity index (χ4v) is 4.57. The molecule has 2 N–H and O–H groups in total. The van der Waals surface area contributed by atoms with Crippen LogP contribution >= 0.6 is 23.1 Å².